The summed E-state index contributed by atoms with van der Waals surface area (Å²) in [5.41, 5.74) is 7.49. The third kappa shape index (κ3) is 4.28. The summed E-state index contributed by atoms with van der Waals surface area (Å²) in [6.45, 7) is 4.80. The molecule has 0 saturated carbocycles. The Bertz CT molecular complexity index is 1260. The quantitative estimate of drug-likeness (QED) is 0.367. The van der Waals surface area contributed by atoms with E-state index < -0.39 is 0 Å². The SMILES string of the molecule is Cc1cccc(/C=N/Nc2nc(N3CCOCC3)nc3c2ncn3-c2ccc(Cl)cc2)c1. The first-order valence-corrected chi connectivity index (χ1v) is 10.7. The molecule has 5 rings (SSSR count). The van der Waals surface area contributed by atoms with Crippen LogP contribution in [0, 0.1) is 6.92 Å². The van der Waals surface area contributed by atoms with Crippen molar-refractivity contribution >= 4 is 40.7 Å². The molecule has 0 radical (unpaired) electrons. The van der Waals surface area contributed by atoms with Gasteiger partial charge in [0.1, 0.15) is 6.33 Å². The zero-order valence-corrected chi connectivity index (χ0v) is 18.3. The maximum absolute atomic E-state index is 6.07. The number of hydrazone groups is 1. The summed E-state index contributed by atoms with van der Waals surface area (Å²) in [4.78, 5) is 16.2. The van der Waals surface area contributed by atoms with Crippen LogP contribution >= 0.6 is 11.6 Å². The lowest BCUT2D eigenvalue weighted by Gasteiger charge is -2.27. The topological polar surface area (TPSA) is 80.5 Å². The Morgan fingerprint density at radius 3 is 2.69 bits per heavy atom. The first kappa shape index (κ1) is 20.4. The zero-order chi connectivity index (χ0) is 21.9. The van der Waals surface area contributed by atoms with Gasteiger partial charge in [-0.05, 0) is 36.8 Å². The summed E-state index contributed by atoms with van der Waals surface area (Å²) >= 11 is 6.07. The number of nitrogens with one attached hydrogen (secondary N) is 1. The highest BCUT2D eigenvalue weighted by molar-refractivity contribution is 6.30. The summed E-state index contributed by atoms with van der Waals surface area (Å²) in [6.07, 6.45) is 3.51. The molecule has 0 amide bonds. The van der Waals surface area contributed by atoms with Gasteiger partial charge in [-0.1, -0.05) is 41.4 Å². The molecule has 1 saturated heterocycles. The Hall–Kier alpha value is -3.49. The average molecular weight is 448 g/mol. The highest BCUT2D eigenvalue weighted by Gasteiger charge is 2.19. The van der Waals surface area contributed by atoms with E-state index in [4.69, 9.17) is 26.3 Å². The lowest BCUT2D eigenvalue weighted by Crippen LogP contribution is -2.37. The minimum absolute atomic E-state index is 0.549. The van der Waals surface area contributed by atoms with Gasteiger partial charge in [0.2, 0.25) is 5.95 Å². The second-order valence-electron chi connectivity index (χ2n) is 7.52. The van der Waals surface area contributed by atoms with Crippen LogP contribution in [0.3, 0.4) is 0 Å². The number of halogens is 1. The summed E-state index contributed by atoms with van der Waals surface area (Å²) in [7, 11) is 0. The molecule has 9 heteroatoms. The molecule has 0 aliphatic carbocycles. The minimum atomic E-state index is 0.549. The summed E-state index contributed by atoms with van der Waals surface area (Å²) in [6, 6.07) is 15.7. The monoisotopic (exact) mass is 447 g/mol. The highest BCUT2D eigenvalue weighted by atomic mass is 35.5. The van der Waals surface area contributed by atoms with E-state index in [2.05, 4.69) is 39.5 Å². The molecule has 1 aliphatic rings. The number of nitrogens with zero attached hydrogens (tertiary/aromatic N) is 6. The van der Waals surface area contributed by atoms with E-state index >= 15 is 0 Å². The van der Waals surface area contributed by atoms with Gasteiger partial charge >= 0.3 is 0 Å². The van der Waals surface area contributed by atoms with Crippen LogP contribution in [0.15, 0.2) is 60.0 Å². The van der Waals surface area contributed by atoms with Gasteiger partial charge in [0.25, 0.3) is 0 Å². The standard InChI is InChI=1S/C23H22ClN7O/c1-16-3-2-4-17(13-16)14-26-29-21-20-22(28-23(27-21)30-9-11-32-12-10-30)31(15-25-20)19-7-5-18(24)6-8-19/h2-8,13-15H,9-12H2,1H3,(H,27,28,29)/b26-14+. The number of rotatable bonds is 5. The van der Waals surface area contributed by atoms with Gasteiger partial charge in [0, 0.05) is 23.8 Å². The third-order valence-electron chi connectivity index (χ3n) is 5.21. The summed E-state index contributed by atoms with van der Waals surface area (Å²) in [5, 5.41) is 5.08. The smallest absolute Gasteiger partial charge is 0.229 e. The number of hydrogen-bond donors (Lipinski definition) is 1. The van der Waals surface area contributed by atoms with Gasteiger partial charge in [0.15, 0.2) is 17.0 Å². The number of imidazole rings is 1. The maximum Gasteiger partial charge on any atom is 0.229 e. The molecular weight excluding hydrogens is 426 g/mol. The second-order valence-corrected chi connectivity index (χ2v) is 7.96. The van der Waals surface area contributed by atoms with Gasteiger partial charge in [-0.3, -0.25) is 9.99 Å². The number of anilines is 2. The zero-order valence-electron chi connectivity index (χ0n) is 17.6. The van der Waals surface area contributed by atoms with Crippen LogP contribution in [-0.4, -0.2) is 52.0 Å². The Kier molecular flexibility index (Phi) is 5.70. The number of hydrogen-bond acceptors (Lipinski definition) is 7. The van der Waals surface area contributed by atoms with Crippen molar-refractivity contribution in [1.29, 1.82) is 0 Å². The van der Waals surface area contributed by atoms with Crippen molar-refractivity contribution in [2.24, 2.45) is 5.10 Å². The number of ether oxygens (including phenoxy) is 1. The first-order chi connectivity index (χ1) is 15.7. The van der Waals surface area contributed by atoms with E-state index in [1.54, 1.807) is 12.5 Å². The minimum Gasteiger partial charge on any atom is -0.378 e. The van der Waals surface area contributed by atoms with Gasteiger partial charge < -0.3 is 9.64 Å². The fourth-order valence-electron chi connectivity index (χ4n) is 3.58. The molecule has 32 heavy (non-hydrogen) atoms. The molecule has 1 fully saturated rings. The Balaban J connectivity index is 1.55. The van der Waals surface area contributed by atoms with Crippen molar-refractivity contribution in [3.8, 4) is 5.69 Å². The van der Waals surface area contributed by atoms with E-state index in [1.807, 2.05) is 41.0 Å². The van der Waals surface area contributed by atoms with E-state index in [0.717, 1.165) is 24.3 Å². The second kappa shape index (κ2) is 8.94. The van der Waals surface area contributed by atoms with E-state index in [0.29, 0.717) is 41.2 Å². The molecule has 0 spiro atoms. The molecule has 0 unspecified atom stereocenters. The van der Waals surface area contributed by atoms with Gasteiger partial charge in [0.05, 0.1) is 19.4 Å². The molecule has 1 aliphatic heterocycles. The molecule has 2 aromatic heterocycles. The normalized spacial score (nSPS) is 14.4. The van der Waals surface area contributed by atoms with Crippen LogP contribution in [0.1, 0.15) is 11.1 Å². The van der Waals surface area contributed by atoms with Crippen LogP contribution in [0.25, 0.3) is 16.9 Å². The summed E-state index contributed by atoms with van der Waals surface area (Å²) < 4.78 is 7.41. The molecule has 0 bridgehead atoms. The van der Waals surface area contributed by atoms with Crippen LogP contribution in [0.5, 0.6) is 0 Å². The lowest BCUT2D eigenvalue weighted by atomic mass is 10.2. The van der Waals surface area contributed by atoms with Crippen molar-refractivity contribution in [2.75, 3.05) is 36.6 Å². The van der Waals surface area contributed by atoms with Crippen molar-refractivity contribution in [3.05, 3.63) is 71.0 Å². The summed E-state index contributed by atoms with van der Waals surface area (Å²) in [5.74, 6) is 1.16. The van der Waals surface area contributed by atoms with Crippen molar-refractivity contribution in [3.63, 3.8) is 0 Å². The average Bonchev–Trinajstić information content (AvgIpc) is 3.24. The van der Waals surface area contributed by atoms with Crippen molar-refractivity contribution < 1.29 is 4.74 Å². The van der Waals surface area contributed by atoms with Gasteiger partial charge in [-0.15, -0.1) is 0 Å². The van der Waals surface area contributed by atoms with Gasteiger partial charge in [-0.25, -0.2) is 4.98 Å². The molecule has 162 valence electrons. The Labute approximate surface area is 190 Å². The molecular formula is C23H22ClN7O. The van der Waals surface area contributed by atoms with E-state index in [-0.39, 0.29) is 0 Å². The molecule has 1 N–H and O–H groups in total. The Morgan fingerprint density at radius 2 is 1.91 bits per heavy atom. The largest absolute Gasteiger partial charge is 0.378 e. The first-order valence-electron chi connectivity index (χ1n) is 10.4. The predicted octanol–water partition coefficient (Wildman–Crippen LogP) is 4.06. The maximum atomic E-state index is 6.07. The van der Waals surface area contributed by atoms with Crippen LogP contribution in [-0.2, 0) is 4.74 Å². The number of morpholine rings is 1. The van der Waals surface area contributed by atoms with Gasteiger partial charge in [-0.2, -0.15) is 15.1 Å². The number of aromatic nitrogens is 4. The van der Waals surface area contributed by atoms with Crippen molar-refractivity contribution in [1.82, 2.24) is 19.5 Å². The van der Waals surface area contributed by atoms with Crippen LogP contribution < -0.4 is 10.3 Å². The molecule has 2 aromatic carbocycles. The highest BCUT2D eigenvalue weighted by Crippen LogP contribution is 2.26. The van der Waals surface area contributed by atoms with Crippen molar-refractivity contribution in [2.45, 2.75) is 6.92 Å². The third-order valence-corrected chi connectivity index (χ3v) is 5.46. The molecule has 0 atom stereocenters. The van der Waals surface area contributed by atoms with E-state index in [1.165, 1.54) is 5.56 Å². The van der Waals surface area contributed by atoms with Crippen LogP contribution in [0.4, 0.5) is 11.8 Å². The van der Waals surface area contributed by atoms with Crippen LogP contribution in [0.2, 0.25) is 5.02 Å². The Morgan fingerprint density at radius 1 is 1.09 bits per heavy atom. The molecule has 4 aromatic rings. The fraction of sp³-hybridized carbons (Fsp3) is 0.217. The van der Waals surface area contributed by atoms with E-state index in [9.17, 15) is 0 Å². The number of fused-ring (bicyclic) bond motifs is 1. The lowest BCUT2D eigenvalue weighted by molar-refractivity contribution is 0.122. The predicted molar refractivity (Wildman–Crippen MR) is 127 cm³/mol. The number of benzene rings is 2. The molecule has 8 nitrogen and oxygen atoms in total. The number of aryl methyl sites for hydroxylation is 1. The molecule has 3 heterocycles. The fourth-order valence-corrected chi connectivity index (χ4v) is 3.71.